The van der Waals surface area contributed by atoms with Gasteiger partial charge in [-0.15, -0.1) is 11.3 Å². The quantitative estimate of drug-likeness (QED) is 0.614. The average Bonchev–Trinajstić information content (AvgIpc) is 3.13. The minimum atomic E-state index is -0.109. The number of thioether (sulfide) groups is 1. The minimum absolute atomic E-state index is 0.109. The van der Waals surface area contributed by atoms with E-state index in [9.17, 15) is 4.79 Å². The first-order chi connectivity index (χ1) is 12.1. The van der Waals surface area contributed by atoms with E-state index in [4.69, 9.17) is 16.3 Å². The Morgan fingerprint density at radius 3 is 3.00 bits per heavy atom. The van der Waals surface area contributed by atoms with Crippen molar-refractivity contribution in [1.29, 1.82) is 0 Å². The van der Waals surface area contributed by atoms with E-state index in [1.165, 1.54) is 23.1 Å². The number of aryl methyl sites for hydroxylation is 1. The molecule has 3 rings (SSSR count). The summed E-state index contributed by atoms with van der Waals surface area (Å²) in [4.78, 5) is 21.0. The number of nitrogens with zero attached hydrogens (tertiary/aromatic N) is 3. The molecular weight excluding hydrogens is 380 g/mol. The number of thiazole rings is 1. The SMILES string of the molecule is COCCn1c(SCC(=O)Nc2nc(C)cs2)nc2cc(Cl)ccc21. The van der Waals surface area contributed by atoms with Gasteiger partial charge in [-0.3, -0.25) is 4.79 Å². The highest BCUT2D eigenvalue weighted by Gasteiger charge is 2.14. The summed E-state index contributed by atoms with van der Waals surface area (Å²) < 4.78 is 7.22. The standard InChI is InChI=1S/C16H17ClN4O2S2/c1-10-8-24-15(18-10)20-14(22)9-25-16-19-12-7-11(17)3-4-13(12)21(16)5-6-23-2/h3-4,7-8H,5-6,9H2,1-2H3,(H,18,20,22). The molecule has 9 heteroatoms. The van der Waals surface area contributed by atoms with Crippen LogP contribution >= 0.6 is 34.7 Å². The number of ether oxygens (including phenoxy) is 1. The molecule has 2 heterocycles. The number of methoxy groups -OCH3 is 1. The maximum absolute atomic E-state index is 12.1. The van der Waals surface area contributed by atoms with Crippen LogP contribution in [0.25, 0.3) is 11.0 Å². The molecule has 0 spiro atoms. The van der Waals surface area contributed by atoms with Crippen molar-refractivity contribution in [2.24, 2.45) is 0 Å². The maximum Gasteiger partial charge on any atom is 0.236 e. The van der Waals surface area contributed by atoms with Crippen molar-refractivity contribution in [3.05, 3.63) is 34.3 Å². The lowest BCUT2D eigenvalue weighted by Gasteiger charge is -2.08. The van der Waals surface area contributed by atoms with Crippen molar-refractivity contribution >= 4 is 56.8 Å². The topological polar surface area (TPSA) is 69.0 Å². The Hall–Kier alpha value is -1.61. The number of imidazole rings is 1. The molecule has 2 aromatic heterocycles. The highest BCUT2D eigenvalue weighted by Crippen LogP contribution is 2.26. The number of anilines is 1. The first-order valence-corrected chi connectivity index (χ1v) is 9.80. The van der Waals surface area contributed by atoms with Crippen LogP contribution < -0.4 is 5.32 Å². The summed E-state index contributed by atoms with van der Waals surface area (Å²) >= 11 is 8.85. The van der Waals surface area contributed by atoms with Crippen LogP contribution in [0, 0.1) is 6.92 Å². The molecule has 0 aliphatic rings. The van der Waals surface area contributed by atoms with Gasteiger partial charge in [-0.05, 0) is 25.1 Å². The van der Waals surface area contributed by atoms with Crippen LogP contribution in [-0.4, -0.2) is 39.9 Å². The number of halogens is 1. The van der Waals surface area contributed by atoms with Crippen molar-refractivity contribution in [3.8, 4) is 0 Å². The molecule has 1 aromatic carbocycles. The Kier molecular flexibility index (Phi) is 5.95. The Bertz CT molecular complexity index is 894. The molecule has 1 N–H and O–H groups in total. The highest BCUT2D eigenvalue weighted by atomic mass is 35.5. The van der Waals surface area contributed by atoms with Gasteiger partial charge in [0.2, 0.25) is 5.91 Å². The van der Waals surface area contributed by atoms with Crippen LogP contribution in [0.4, 0.5) is 5.13 Å². The molecule has 0 saturated carbocycles. The monoisotopic (exact) mass is 396 g/mol. The summed E-state index contributed by atoms with van der Waals surface area (Å²) in [5, 5.41) is 6.72. The largest absolute Gasteiger partial charge is 0.383 e. The highest BCUT2D eigenvalue weighted by molar-refractivity contribution is 7.99. The van der Waals surface area contributed by atoms with Crippen LogP contribution in [0.3, 0.4) is 0 Å². The molecule has 0 bridgehead atoms. The van der Waals surface area contributed by atoms with Crippen molar-refractivity contribution in [2.45, 2.75) is 18.6 Å². The van der Waals surface area contributed by atoms with E-state index in [2.05, 4.69) is 15.3 Å². The van der Waals surface area contributed by atoms with Crippen molar-refractivity contribution < 1.29 is 9.53 Å². The van der Waals surface area contributed by atoms with E-state index >= 15 is 0 Å². The molecule has 132 valence electrons. The summed E-state index contributed by atoms with van der Waals surface area (Å²) in [6.45, 7) is 3.11. The Morgan fingerprint density at radius 2 is 2.28 bits per heavy atom. The van der Waals surface area contributed by atoms with Gasteiger partial charge in [0.15, 0.2) is 10.3 Å². The molecule has 0 saturated heterocycles. The Labute approximate surface area is 158 Å². The average molecular weight is 397 g/mol. The van der Waals surface area contributed by atoms with Gasteiger partial charge >= 0.3 is 0 Å². The third-order valence-corrected chi connectivity index (χ3v) is 5.48. The number of rotatable bonds is 7. The summed E-state index contributed by atoms with van der Waals surface area (Å²) in [7, 11) is 1.66. The summed E-state index contributed by atoms with van der Waals surface area (Å²) in [6.07, 6.45) is 0. The van der Waals surface area contributed by atoms with E-state index in [-0.39, 0.29) is 11.7 Å². The lowest BCUT2D eigenvalue weighted by Crippen LogP contribution is -2.14. The number of nitrogens with one attached hydrogen (secondary N) is 1. The Morgan fingerprint density at radius 1 is 1.44 bits per heavy atom. The summed E-state index contributed by atoms with van der Waals surface area (Å²) in [6, 6.07) is 5.59. The van der Waals surface area contributed by atoms with Gasteiger partial charge in [-0.25, -0.2) is 9.97 Å². The molecule has 0 aliphatic heterocycles. The fourth-order valence-electron chi connectivity index (χ4n) is 2.29. The van der Waals surface area contributed by atoms with Crippen molar-refractivity contribution in [3.63, 3.8) is 0 Å². The van der Waals surface area contributed by atoms with Gasteiger partial charge in [0.05, 0.1) is 29.1 Å². The number of aromatic nitrogens is 3. The van der Waals surface area contributed by atoms with Gasteiger partial charge in [0.1, 0.15) is 0 Å². The molecule has 25 heavy (non-hydrogen) atoms. The zero-order valence-electron chi connectivity index (χ0n) is 13.8. The molecule has 0 unspecified atom stereocenters. The predicted octanol–water partition coefficient (Wildman–Crippen LogP) is 3.83. The second-order valence-corrected chi connectivity index (χ2v) is 7.54. The fraction of sp³-hybridized carbons (Fsp3) is 0.312. The fourth-order valence-corrected chi connectivity index (χ4v) is 4.00. The van der Waals surface area contributed by atoms with Crippen LogP contribution in [0.1, 0.15) is 5.69 Å². The number of hydrogen-bond donors (Lipinski definition) is 1. The number of carbonyl (C=O) groups excluding carboxylic acids is 1. The van der Waals surface area contributed by atoms with Gasteiger partial charge in [-0.1, -0.05) is 23.4 Å². The van der Waals surface area contributed by atoms with E-state index in [1.54, 1.807) is 7.11 Å². The van der Waals surface area contributed by atoms with Crippen molar-refractivity contribution in [1.82, 2.24) is 14.5 Å². The zero-order valence-corrected chi connectivity index (χ0v) is 16.2. The van der Waals surface area contributed by atoms with E-state index in [0.29, 0.717) is 23.3 Å². The number of carbonyl (C=O) groups is 1. The number of benzene rings is 1. The maximum atomic E-state index is 12.1. The smallest absolute Gasteiger partial charge is 0.236 e. The van der Waals surface area contributed by atoms with E-state index < -0.39 is 0 Å². The first-order valence-electron chi connectivity index (χ1n) is 7.56. The lowest BCUT2D eigenvalue weighted by atomic mass is 10.3. The molecule has 0 atom stereocenters. The lowest BCUT2D eigenvalue weighted by molar-refractivity contribution is -0.113. The Balaban J connectivity index is 1.74. The van der Waals surface area contributed by atoms with E-state index in [1.807, 2.05) is 35.1 Å². The molecule has 0 aliphatic carbocycles. The van der Waals surface area contributed by atoms with Gasteiger partial charge in [0, 0.05) is 24.1 Å². The van der Waals surface area contributed by atoms with Crippen molar-refractivity contribution in [2.75, 3.05) is 24.8 Å². The van der Waals surface area contributed by atoms with Crippen LogP contribution in [0.2, 0.25) is 5.02 Å². The number of fused-ring (bicyclic) bond motifs is 1. The molecule has 0 fully saturated rings. The van der Waals surface area contributed by atoms with E-state index in [0.717, 1.165) is 21.9 Å². The van der Waals surface area contributed by atoms with Gasteiger partial charge < -0.3 is 14.6 Å². The minimum Gasteiger partial charge on any atom is -0.383 e. The molecule has 0 radical (unpaired) electrons. The summed E-state index contributed by atoms with van der Waals surface area (Å²) in [5.74, 6) is 0.144. The second kappa shape index (κ2) is 8.18. The zero-order chi connectivity index (χ0) is 17.8. The predicted molar refractivity (Wildman–Crippen MR) is 103 cm³/mol. The van der Waals surface area contributed by atoms with Gasteiger partial charge in [-0.2, -0.15) is 0 Å². The van der Waals surface area contributed by atoms with Crippen LogP contribution in [0.5, 0.6) is 0 Å². The molecule has 3 aromatic rings. The normalized spacial score (nSPS) is 11.2. The third-order valence-electron chi connectivity index (χ3n) is 3.39. The first kappa shape index (κ1) is 18.2. The molecule has 1 amide bonds. The second-order valence-electron chi connectivity index (χ2n) is 5.30. The molecule has 6 nitrogen and oxygen atoms in total. The summed E-state index contributed by atoms with van der Waals surface area (Å²) in [5.41, 5.74) is 2.67. The number of hydrogen-bond acceptors (Lipinski definition) is 6. The van der Waals surface area contributed by atoms with Crippen LogP contribution in [0.15, 0.2) is 28.7 Å². The third kappa shape index (κ3) is 4.52. The number of amides is 1. The van der Waals surface area contributed by atoms with Gasteiger partial charge in [0.25, 0.3) is 0 Å². The molecular formula is C16H17ClN4O2S2. The van der Waals surface area contributed by atoms with Crippen LogP contribution in [-0.2, 0) is 16.1 Å².